The summed E-state index contributed by atoms with van der Waals surface area (Å²) in [6, 6.07) is 8.32. The van der Waals surface area contributed by atoms with E-state index >= 15 is 0 Å². The quantitative estimate of drug-likeness (QED) is 0.396. The molecule has 0 saturated carbocycles. The minimum Gasteiger partial charge on any atom is -0.485 e. The zero-order valence-corrected chi connectivity index (χ0v) is 21.6. The van der Waals surface area contributed by atoms with Gasteiger partial charge in [-0.3, -0.25) is 9.88 Å². The number of nitrogens with zero attached hydrogens (tertiary/aromatic N) is 8. The molecule has 4 aromatic rings. The van der Waals surface area contributed by atoms with Crippen molar-refractivity contribution >= 4 is 11.6 Å². The number of fused-ring (bicyclic) bond motifs is 1. The molecule has 0 unspecified atom stereocenters. The van der Waals surface area contributed by atoms with Gasteiger partial charge in [-0.05, 0) is 39.0 Å². The molecule has 2 aliphatic heterocycles. The van der Waals surface area contributed by atoms with E-state index in [9.17, 15) is 0 Å². The smallest absolute Gasteiger partial charge is 0.253 e. The molecule has 0 spiro atoms. The summed E-state index contributed by atoms with van der Waals surface area (Å²) in [4.78, 5) is 23.3. The van der Waals surface area contributed by atoms with Gasteiger partial charge in [0.05, 0.1) is 36.8 Å². The molecule has 0 amide bonds. The fourth-order valence-corrected chi connectivity index (χ4v) is 5.16. The van der Waals surface area contributed by atoms with Crippen LogP contribution in [-0.4, -0.2) is 79.9 Å². The van der Waals surface area contributed by atoms with Gasteiger partial charge in [-0.15, -0.1) is 5.10 Å². The van der Waals surface area contributed by atoms with Gasteiger partial charge in [-0.1, -0.05) is 6.07 Å². The molecule has 0 radical (unpaired) electrons. The van der Waals surface area contributed by atoms with E-state index in [-0.39, 0.29) is 6.10 Å². The van der Waals surface area contributed by atoms with Crippen LogP contribution in [0.3, 0.4) is 0 Å². The summed E-state index contributed by atoms with van der Waals surface area (Å²) in [6.45, 7) is 11.8. The Bertz CT molecular complexity index is 1400. The van der Waals surface area contributed by atoms with Crippen molar-refractivity contribution in [3.05, 3.63) is 59.4 Å². The third-order valence-electron chi connectivity index (χ3n) is 7.08. The average molecular weight is 501 g/mol. The fraction of sp³-hybridized carbons (Fsp3) is 0.444. The van der Waals surface area contributed by atoms with Crippen LogP contribution < -0.4 is 9.64 Å². The van der Waals surface area contributed by atoms with Crippen LogP contribution in [0.4, 0.5) is 5.82 Å². The summed E-state index contributed by atoms with van der Waals surface area (Å²) in [5.41, 5.74) is 4.93. The highest BCUT2D eigenvalue weighted by Gasteiger charge is 2.29. The highest BCUT2D eigenvalue weighted by Crippen LogP contribution is 2.31. The molecule has 2 aliphatic rings. The summed E-state index contributed by atoms with van der Waals surface area (Å²) in [7, 11) is 0. The van der Waals surface area contributed by atoms with E-state index in [0.717, 1.165) is 86.6 Å². The van der Waals surface area contributed by atoms with Crippen molar-refractivity contribution in [2.24, 2.45) is 0 Å². The maximum atomic E-state index is 6.55. The number of hydrogen-bond donors (Lipinski definition) is 0. The van der Waals surface area contributed by atoms with Gasteiger partial charge in [0.2, 0.25) is 0 Å². The van der Waals surface area contributed by atoms with Crippen LogP contribution in [-0.2, 0) is 11.3 Å². The van der Waals surface area contributed by atoms with Crippen molar-refractivity contribution < 1.29 is 9.47 Å². The van der Waals surface area contributed by atoms with Gasteiger partial charge in [0.25, 0.3) is 5.78 Å². The molecule has 0 bridgehead atoms. The molecular weight excluding hydrogens is 468 g/mol. The second-order valence-corrected chi connectivity index (χ2v) is 9.77. The lowest BCUT2D eigenvalue weighted by Crippen LogP contribution is -2.36. The van der Waals surface area contributed by atoms with Crippen LogP contribution >= 0.6 is 0 Å². The zero-order valence-electron chi connectivity index (χ0n) is 21.6. The number of pyridine rings is 2. The molecule has 2 saturated heterocycles. The van der Waals surface area contributed by atoms with Crippen LogP contribution in [0.5, 0.6) is 5.75 Å². The van der Waals surface area contributed by atoms with Crippen molar-refractivity contribution in [3.8, 4) is 17.0 Å². The van der Waals surface area contributed by atoms with Crippen molar-refractivity contribution in [1.82, 2.24) is 34.4 Å². The Labute approximate surface area is 216 Å². The predicted molar refractivity (Wildman–Crippen MR) is 140 cm³/mol. The van der Waals surface area contributed by atoms with Gasteiger partial charge in [-0.25, -0.2) is 9.97 Å². The van der Waals surface area contributed by atoms with Gasteiger partial charge in [0.15, 0.2) is 5.75 Å². The second kappa shape index (κ2) is 10.0. The third-order valence-corrected chi connectivity index (χ3v) is 7.08. The standard InChI is InChI=1S/C27H32N8O2/c1-18-25(19(2)35-27(29-18)30-20(3)32-35)37-23-8-10-34(17-23)26-22(16-33-11-13-36-14-12-33)6-7-24(31-26)21-5-4-9-28-15-21/h4-7,9,15,23H,8,10-14,16-17H2,1-3H3/t23-/m1/s1. The Morgan fingerprint density at radius 3 is 2.70 bits per heavy atom. The maximum Gasteiger partial charge on any atom is 0.253 e. The highest BCUT2D eigenvalue weighted by molar-refractivity contribution is 5.63. The summed E-state index contributed by atoms with van der Waals surface area (Å²) in [6.07, 6.45) is 4.59. The van der Waals surface area contributed by atoms with Gasteiger partial charge in [-0.2, -0.15) is 9.50 Å². The Morgan fingerprint density at radius 2 is 1.89 bits per heavy atom. The van der Waals surface area contributed by atoms with E-state index in [0.29, 0.717) is 11.6 Å². The SMILES string of the molecule is Cc1nc2nc(C)c(O[C@@H]3CCN(c4nc(-c5cccnc5)ccc4CN4CCOCC4)C3)c(C)n2n1. The van der Waals surface area contributed by atoms with Gasteiger partial charge >= 0.3 is 0 Å². The molecular formula is C27H32N8O2. The van der Waals surface area contributed by atoms with Crippen molar-refractivity contribution in [2.75, 3.05) is 44.3 Å². The first-order chi connectivity index (χ1) is 18.0. The molecule has 192 valence electrons. The lowest BCUT2D eigenvalue weighted by Gasteiger charge is -2.29. The normalized spacial score (nSPS) is 18.6. The van der Waals surface area contributed by atoms with Crippen LogP contribution in [0.25, 0.3) is 17.0 Å². The number of morpholine rings is 1. The predicted octanol–water partition coefficient (Wildman–Crippen LogP) is 3.00. The lowest BCUT2D eigenvalue weighted by atomic mass is 10.1. The first-order valence-corrected chi connectivity index (χ1v) is 12.9. The van der Waals surface area contributed by atoms with E-state index < -0.39 is 0 Å². The summed E-state index contributed by atoms with van der Waals surface area (Å²) >= 11 is 0. The largest absolute Gasteiger partial charge is 0.485 e. The van der Waals surface area contributed by atoms with E-state index in [4.69, 9.17) is 14.5 Å². The Hall–Kier alpha value is -3.63. The molecule has 10 nitrogen and oxygen atoms in total. The molecule has 37 heavy (non-hydrogen) atoms. The van der Waals surface area contributed by atoms with Crippen LogP contribution in [0.15, 0.2) is 36.7 Å². The fourth-order valence-electron chi connectivity index (χ4n) is 5.16. The van der Waals surface area contributed by atoms with Crippen molar-refractivity contribution in [2.45, 2.75) is 39.8 Å². The Kier molecular flexibility index (Phi) is 6.43. The summed E-state index contributed by atoms with van der Waals surface area (Å²) < 4.78 is 13.9. The Morgan fingerprint density at radius 1 is 1.03 bits per heavy atom. The molecule has 6 heterocycles. The molecule has 4 aromatic heterocycles. The molecule has 2 fully saturated rings. The summed E-state index contributed by atoms with van der Waals surface area (Å²) in [5, 5.41) is 4.48. The van der Waals surface area contributed by atoms with Crippen LogP contribution in [0.2, 0.25) is 0 Å². The van der Waals surface area contributed by atoms with Gasteiger partial charge in [0.1, 0.15) is 17.7 Å². The number of aryl methyl sites for hydroxylation is 3. The van der Waals surface area contributed by atoms with Crippen molar-refractivity contribution in [1.29, 1.82) is 0 Å². The minimum absolute atomic E-state index is 0.0290. The van der Waals surface area contributed by atoms with E-state index in [1.54, 1.807) is 10.7 Å². The monoisotopic (exact) mass is 500 g/mol. The van der Waals surface area contributed by atoms with E-state index in [1.165, 1.54) is 5.56 Å². The topological polar surface area (TPSA) is 93.8 Å². The highest BCUT2D eigenvalue weighted by atomic mass is 16.5. The van der Waals surface area contributed by atoms with Crippen LogP contribution in [0, 0.1) is 20.8 Å². The first-order valence-electron chi connectivity index (χ1n) is 12.9. The Balaban J connectivity index is 1.27. The second-order valence-electron chi connectivity index (χ2n) is 9.77. The van der Waals surface area contributed by atoms with Gasteiger partial charge in [0, 0.05) is 56.1 Å². The molecule has 0 N–H and O–H groups in total. The minimum atomic E-state index is 0.0290. The number of rotatable bonds is 6. The number of aromatic nitrogens is 6. The van der Waals surface area contributed by atoms with Gasteiger partial charge < -0.3 is 14.4 Å². The lowest BCUT2D eigenvalue weighted by molar-refractivity contribution is 0.0342. The van der Waals surface area contributed by atoms with E-state index in [1.807, 2.05) is 33.0 Å². The molecule has 6 rings (SSSR count). The number of ether oxygens (including phenoxy) is 2. The zero-order chi connectivity index (χ0) is 25.4. The third kappa shape index (κ3) is 4.86. The first kappa shape index (κ1) is 23.7. The molecule has 0 aliphatic carbocycles. The number of hydrogen-bond acceptors (Lipinski definition) is 9. The molecule has 10 heteroatoms. The number of anilines is 1. The summed E-state index contributed by atoms with van der Waals surface area (Å²) in [5.74, 6) is 3.12. The van der Waals surface area contributed by atoms with E-state index in [2.05, 4.69) is 48.0 Å². The average Bonchev–Trinajstić information content (AvgIpc) is 3.54. The maximum absolute atomic E-state index is 6.55. The molecule has 1 atom stereocenters. The molecule has 0 aromatic carbocycles. The van der Waals surface area contributed by atoms with Crippen molar-refractivity contribution in [3.63, 3.8) is 0 Å². The van der Waals surface area contributed by atoms with Crippen LogP contribution in [0.1, 0.15) is 29.2 Å².